The number of carbonyl (C=O) groups is 2. The Hall–Kier alpha value is -2.56. The van der Waals surface area contributed by atoms with Crippen LogP contribution >= 0.6 is 0 Å². The number of amides is 1. The highest BCUT2D eigenvalue weighted by Gasteiger charge is 2.26. The van der Waals surface area contributed by atoms with Gasteiger partial charge in [0.05, 0.1) is 0 Å². The van der Waals surface area contributed by atoms with Gasteiger partial charge in [0.1, 0.15) is 11.3 Å². The minimum absolute atomic E-state index is 0.0758. The molecule has 2 aromatic carbocycles. The number of nitrogens with zero attached hydrogens (tertiary/aromatic N) is 1. The topological polar surface area (TPSA) is 66.8 Å². The fraction of sp³-hybridized carbons (Fsp3) is 0.400. The second kappa shape index (κ2) is 7.13. The molecule has 0 radical (unpaired) electrons. The summed E-state index contributed by atoms with van der Waals surface area (Å²) in [6, 6.07) is 10.5. The Bertz CT molecular complexity index is 791. The maximum Gasteiger partial charge on any atom is 0.342 e. The number of benzene rings is 2. The zero-order valence-corrected chi connectivity index (χ0v) is 14.6. The maximum absolute atomic E-state index is 12.3. The number of phenols is 1. The molecular weight excluding hydrogens is 318 g/mol. The Morgan fingerprint density at radius 1 is 1.12 bits per heavy atom. The Morgan fingerprint density at radius 3 is 2.52 bits per heavy atom. The third-order valence-electron chi connectivity index (χ3n) is 4.67. The molecule has 0 aromatic heterocycles. The van der Waals surface area contributed by atoms with Gasteiger partial charge in [0.2, 0.25) is 0 Å². The zero-order valence-electron chi connectivity index (χ0n) is 14.6. The number of fused-ring (bicyclic) bond motifs is 1. The van der Waals surface area contributed by atoms with Crippen LogP contribution in [0, 0.1) is 11.8 Å². The molecule has 1 aliphatic heterocycles. The van der Waals surface area contributed by atoms with Gasteiger partial charge in [-0.15, -0.1) is 0 Å². The molecule has 1 saturated heterocycles. The van der Waals surface area contributed by atoms with Crippen LogP contribution in [0.1, 0.15) is 30.6 Å². The lowest BCUT2D eigenvalue weighted by atomic mass is 9.92. The van der Waals surface area contributed by atoms with Crippen molar-refractivity contribution in [3.05, 3.63) is 42.0 Å². The van der Waals surface area contributed by atoms with Gasteiger partial charge in [-0.1, -0.05) is 44.2 Å². The number of hydrogen-bond donors (Lipinski definition) is 1. The lowest BCUT2D eigenvalue weighted by Crippen LogP contribution is -2.44. The minimum atomic E-state index is -0.685. The molecule has 0 aliphatic carbocycles. The number of hydrogen-bond acceptors (Lipinski definition) is 4. The van der Waals surface area contributed by atoms with Crippen LogP contribution in [0.4, 0.5) is 0 Å². The fourth-order valence-electron chi connectivity index (χ4n) is 3.58. The first-order chi connectivity index (χ1) is 12.0. The molecule has 0 unspecified atom stereocenters. The summed E-state index contributed by atoms with van der Waals surface area (Å²) in [5, 5.41) is 11.7. The van der Waals surface area contributed by atoms with E-state index in [0.717, 1.165) is 11.8 Å². The van der Waals surface area contributed by atoms with Crippen molar-refractivity contribution in [1.29, 1.82) is 0 Å². The van der Waals surface area contributed by atoms with E-state index in [-0.39, 0.29) is 23.8 Å². The molecule has 132 valence electrons. The number of piperidine rings is 1. The number of carbonyl (C=O) groups excluding carboxylic acids is 2. The van der Waals surface area contributed by atoms with Crippen LogP contribution in [-0.2, 0) is 9.53 Å². The number of rotatable bonds is 3. The van der Waals surface area contributed by atoms with Crippen LogP contribution in [0.3, 0.4) is 0 Å². The van der Waals surface area contributed by atoms with Crippen LogP contribution in [-0.4, -0.2) is 41.6 Å². The van der Waals surface area contributed by atoms with Crippen molar-refractivity contribution in [2.75, 3.05) is 19.7 Å². The highest BCUT2D eigenvalue weighted by Crippen LogP contribution is 2.29. The maximum atomic E-state index is 12.3. The zero-order chi connectivity index (χ0) is 18.0. The summed E-state index contributed by atoms with van der Waals surface area (Å²) in [7, 11) is 0. The third-order valence-corrected chi connectivity index (χ3v) is 4.67. The molecule has 1 heterocycles. The molecule has 1 N–H and O–H groups in total. The first kappa shape index (κ1) is 17.3. The van der Waals surface area contributed by atoms with E-state index in [1.54, 1.807) is 23.1 Å². The van der Waals surface area contributed by atoms with Gasteiger partial charge in [-0.3, -0.25) is 4.79 Å². The minimum Gasteiger partial charge on any atom is -0.506 e. The second-order valence-corrected chi connectivity index (χ2v) is 7.00. The molecule has 1 aliphatic rings. The number of esters is 1. The SMILES string of the molecule is C[C@@H]1C[C@H](C)CN(C(=O)COC(=O)c2ccc3ccccc3c2O)C1. The average molecular weight is 341 g/mol. The third kappa shape index (κ3) is 3.76. The molecule has 1 amide bonds. The summed E-state index contributed by atoms with van der Waals surface area (Å²) in [5.41, 5.74) is 0.0758. The van der Waals surface area contributed by atoms with Crippen LogP contribution in [0.2, 0.25) is 0 Å². The molecule has 0 saturated carbocycles. The van der Waals surface area contributed by atoms with Gasteiger partial charge in [0, 0.05) is 18.5 Å². The standard InChI is InChI=1S/C20H23NO4/c1-13-9-14(2)11-21(10-13)18(22)12-25-20(24)17-8-7-15-5-3-4-6-16(15)19(17)23/h3-8,13-14,23H,9-12H2,1-2H3/t13-,14+. The van der Waals surface area contributed by atoms with Crippen LogP contribution in [0.15, 0.2) is 36.4 Å². The molecule has 3 rings (SSSR count). The monoisotopic (exact) mass is 341 g/mol. The van der Waals surface area contributed by atoms with Crippen LogP contribution < -0.4 is 0 Å². The van der Waals surface area contributed by atoms with E-state index in [1.807, 2.05) is 12.1 Å². The average Bonchev–Trinajstić information content (AvgIpc) is 2.59. The Kier molecular flexibility index (Phi) is 4.93. The fourth-order valence-corrected chi connectivity index (χ4v) is 3.58. The van der Waals surface area contributed by atoms with Gasteiger partial charge in [-0.25, -0.2) is 4.79 Å². The molecular formula is C20H23NO4. The Labute approximate surface area is 147 Å². The summed E-state index contributed by atoms with van der Waals surface area (Å²) in [5.74, 6) is -0.0848. The van der Waals surface area contributed by atoms with Gasteiger partial charge < -0.3 is 14.7 Å². The molecule has 5 heteroatoms. The quantitative estimate of drug-likeness (QED) is 0.871. The van der Waals surface area contributed by atoms with E-state index in [9.17, 15) is 14.7 Å². The molecule has 0 bridgehead atoms. The van der Waals surface area contributed by atoms with E-state index in [4.69, 9.17) is 4.74 Å². The van der Waals surface area contributed by atoms with Gasteiger partial charge in [-0.05, 0) is 29.7 Å². The summed E-state index contributed by atoms with van der Waals surface area (Å²) in [6.07, 6.45) is 1.11. The van der Waals surface area contributed by atoms with Crippen molar-refractivity contribution >= 4 is 22.6 Å². The summed E-state index contributed by atoms with van der Waals surface area (Å²) in [6.45, 7) is 5.33. The first-order valence-corrected chi connectivity index (χ1v) is 8.61. The predicted molar refractivity (Wildman–Crippen MR) is 95.4 cm³/mol. The second-order valence-electron chi connectivity index (χ2n) is 7.00. The molecule has 25 heavy (non-hydrogen) atoms. The van der Waals surface area contributed by atoms with Crippen molar-refractivity contribution in [2.45, 2.75) is 20.3 Å². The van der Waals surface area contributed by atoms with Crippen molar-refractivity contribution in [3.8, 4) is 5.75 Å². The molecule has 0 spiro atoms. The molecule has 2 aromatic rings. The summed E-state index contributed by atoms with van der Waals surface area (Å²) in [4.78, 5) is 26.3. The van der Waals surface area contributed by atoms with E-state index in [1.165, 1.54) is 6.07 Å². The smallest absolute Gasteiger partial charge is 0.342 e. The van der Waals surface area contributed by atoms with E-state index in [0.29, 0.717) is 30.3 Å². The van der Waals surface area contributed by atoms with Crippen LogP contribution in [0.25, 0.3) is 10.8 Å². The number of aromatic hydroxyl groups is 1. The van der Waals surface area contributed by atoms with Gasteiger partial charge in [0.25, 0.3) is 5.91 Å². The first-order valence-electron chi connectivity index (χ1n) is 8.61. The van der Waals surface area contributed by atoms with E-state index in [2.05, 4.69) is 13.8 Å². The lowest BCUT2D eigenvalue weighted by molar-refractivity contribution is -0.137. The largest absolute Gasteiger partial charge is 0.506 e. The van der Waals surface area contributed by atoms with E-state index < -0.39 is 5.97 Å². The molecule has 5 nitrogen and oxygen atoms in total. The summed E-state index contributed by atoms with van der Waals surface area (Å²) >= 11 is 0. The number of phenolic OH excluding ortho intramolecular Hbond substituents is 1. The van der Waals surface area contributed by atoms with Gasteiger partial charge in [-0.2, -0.15) is 0 Å². The Morgan fingerprint density at radius 2 is 1.80 bits per heavy atom. The van der Waals surface area contributed by atoms with Gasteiger partial charge >= 0.3 is 5.97 Å². The Balaban J connectivity index is 1.66. The highest BCUT2D eigenvalue weighted by atomic mass is 16.5. The normalized spacial score (nSPS) is 20.5. The van der Waals surface area contributed by atoms with Crippen LogP contribution in [0.5, 0.6) is 5.75 Å². The van der Waals surface area contributed by atoms with Crippen molar-refractivity contribution in [3.63, 3.8) is 0 Å². The molecule has 1 fully saturated rings. The predicted octanol–water partition coefficient (Wildman–Crippen LogP) is 3.21. The van der Waals surface area contributed by atoms with E-state index >= 15 is 0 Å². The van der Waals surface area contributed by atoms with Crippen molar-refractivity contribution < 1.29 is 19.4 Å². The summed E-state index contributed by atoms with van der Waals surface area (Å²) < 4.78 is 5.15. The number of likely N-dealkylation sites (tertiary alicyclic amines) is 1. The van der Waals surface area contributed by atoms with Crippen molar-refractivity contribution in [2.24, 2.45) is 11.8 Å². The lowest BCUT2D eigenvalue weighted by Gasteiger charge is -2.34. The number of ether oxygens (including phenoxy) is 1. The highest BCUT2D eigenvalue weighted by molar-refractivity contribution is 6.01. The molecule has 2 atom stereocenters. The van der Waals surface area contributed by atoms with Crippen molar-refractivity contribution in [1.82, 2.24) is 4.90 Å². The van der Waals surface area contributed by atoms with Gasteiger partial charge in [0.15, 0.2) is 6.61 Å².